The third-order valence-corrected chi connectivity index (χ3v) is 8.78. The van der Waals surface area contributed by atoms with Crippen LogP contribution in [0.15, 0.2) is 52.3 Å². The van der Waals surface area contributed by atoms with Gasteiger partial charge in [0, 0.05) is 25.3 Å². The summed E-state index contributed by atoms with van der Waals surface area (Å²) in [6.45, 7) is 0.356. The van der Waals surface area contributed by atoms with E-state index in [1.165, 1.54) is 28.6 Å². The topological polar surface area (TPSA) is 101 Å². The molecule has 2 aromatic carbocycles. The summed E-state index contributed by atoms with van der Waals surface area (Å²) in [7, 11) is -7.19. The predicted octanol–water partition coefficient (Wildman–Crippen LogP) is 3.44. The minimum atomic E-state index is -3.78. The van der Waals surface area contributed by atoms with Crippen LogP contribution in [0, 0.1) is 5.92 Å². The summed E-state index contributed by atoms with van der Waals surface area (Å²) < 4.78 is 50.1. The molecule has 162 valence electrons. The normalized spacial score (nSPS) is 16.4. The smallest absolute Gasteiger partial charge is 0.243 e. The third kappa shape index (κ3) is 4.97. The molecule has 0 aliphatic carbocycles. The first-order valence-corrected chi connectivity index (χ1v) is 13.1. The van der Waals surface area contributed by atoms with Crippen molar-refractivity contribution in [2.45, 2.75) is 22.6 Å². The summed E-state index contributed by atoms with van der Waals surface area (Å²) in [4.78, 5) is 12.6. The number of halogens is 2. The van der Waals surface area contributed by atoms with Crippen molar-refractivity contribution < 1.29 is 21.6 Å². The molecule has 30 heavy (non-hydrogen) atoms. The molecule has 0 radical (unpaired) electrons. The van der Waals surface area contributed by atoms with E-state index in [-0.39, 0.29) is 39.7 Å². The Balaban J connectivity index is 1.65. The van der Waals surface area contributed by atoms with E-state index in [1.807, 2.05) is 0 Å². The molecule has 11 heteroatoms. The molecular weight excluding hydrogens is 471 g/mol. The lowest BCUT2D eigenvalue weighted by atomic mass is 9.97. The Hall–Kier alpha value is -1.65. The Bertz CT molecular complexity index is 1160. The van der Waals surface area contributed by atoms with Crippen LogP contribution in [0.2, 0.25) is 10.0 Å². The second-order valence-electron chi connectivity index (χ2n) is 7.01. The van der Waals surface area contributed by atoms with Crippen molar-refractivity contribution in [3.05, 3.63) is 52.5 Å². The highest BCUT2D eigenvalue weighted by molar-refractivity contribution is 7.90. The molecule has 1 heterocycles. The quantitative estimate of drug-likeness (QED) is 0.691. The SMILES string of the molecule is CS(=O)(=O)c1ccc(S(=O)(=O)N2CCC(C(=O)Nc3cccc(Cl)c3Cl)CC2)cc1. The zero-order valence-electron chi connectivity index (χ0n) is 16.0. The highest BCUT2D eigenvalue weighted by Crippen LogP contribution is 2.31. The van der Waals surface area contributed by atoms with Crippen LogP contribution in [0.1, 0.15) is 12.8 Å². The molecule has 1 amide bonds. The summed E-state index contributed by atoms with van der Waals surface area (Å²) in [6.07, 6.45) is 1.76. The summed E-state index contributed by atoms with van der Waals surface area (Å²) in [5.41, 5.74) is 0.412. The van der Waals surface area contributed by atoms with Crippen LogP contribution in [0.4, 0.5) is 5.69 Å². The second-order valence-corrected chi connectivity index (χ2v) is 11.8. The lowest BCUT2D eigenvalue weighted by Crippen LogP contribution is -2.41. The average molecular weight is 491 g/mol. The van der Waals surface area contributed by atoms with E-state index in [1.54, 1.807) is 18.2 Å². The number of rotatable bonds is 5. The summed E-state index contributed by atoms with van der Waals surface area (Å²) in [5, 5.41) is 3.33. The number of nitrogens with zero attached hydrogens (tertiary/aromatic N) is 1. The van der Waals surface area contributed by atoms with Gasteiger partial charge in [-0.05, 0) is 49.2 Å². The maximum atomic E-state index is 12.8. The van der Waals surface area contributed by atoms with E-state index >= 15 is 0 Å². The van der Waals surface area contributed by atoms with E-state index in [4.69, 9.17) is 23.2 Å². The zero-order valence-corrected chi connectivity index (χ0v) is 19.2. The van der Waals surface area contributed by atoms with Gasteiger partial charge in [-0.15, -0.1) is 0 Å². The molecule has 0 unspecified atom stereocenters. The van der Waals surface area contributed by atoms with Gasteiger partial charge in [-0.25, -0.2) is 16.8 Å². The first-order chi connectivity index (χ1) is 14.0. The van der Waals surface area contributed by atoms with E-state index in [0.29, 0.717) is 23.6 Å². The molecule has 1 N–H and O–H groups in total. The first-order valence-electron chi connectivity index (χ1n) is 9.05. The van der Waals surface area contributed by atoms with Crippen molar-refractivity contribution in [1.29, 1.82) is 0 Å². The van der Waals surface area contributed by atoms with Gasteiger partial charge < -0.3 is 5.32 Å². The van der Waals surface area contributed by atoms with Crippen LogP contribution in [0.25, 0.3) is 0 Å². The van der Waals surface area contributed by atoms with Crippen molar-refractivity contribution in [3.8, 4) is 0 Å². The fraction of sp³-hybridized carbons (Fsp3) is 0.316. The van der Waals surface area contributed by atoms with Gasteiger partial charge in [0.15, 0.2) is 9.84 Å². The molecular formula is C19H20Cl2N2O5S2. The minimum absolute atomic E-state index is 0.0171. The van der Waals surface area contributed by atoms with Crippen molar-refractivity contribution >= 4 is 54.7 Å². The van der Waals surface area contributed by atoms with Crippen molar-refractivity contribution in [2.24, 2.45) is 5.92 Å². The number of amides is 1. The summed E-state index contributed by atoms with van der Waals surface area (Å²) in [6, 6.07) is 10.1. The van der Waals surface area contributed by atoms with Gasteiger partial charge in [-0.1, -0.05) is 29.3 Å². The lowest BCUT2D eigenvalue weighted by molar-refractivity contribution is -0.120. The summed E-state index contributed by atoms with van der Waals surface area (Å²) >= 11 is 12.0. The maximum absolute atomic E-state index is 12.8. The van der Waals surface area contributed by atoms with Crippen LogP contribution in [0.5, 0.6) is 0 Å². The molecule has 1 fully saturated rings. The van der Waals surface area contributed by atoms with E-state index < -0.39 is 19.9 Å². The summed E-state index contributed by atoms with van der Waals surface area (Å²) in [5.74, 6) is -0.604. The number of nitrogens with one attached hydrogen (secondary N) is 1. The molecule has 7 nitrogen and oxygen atoms in total. The molecule has 0 bridgehead atoms. The van der Waals surface area contributed by atoms with Crippen LogP contribution in [0.3, 0.4) is 0 Å². The Morgan fingerprint density at radius 1 is 0.967 bits per heavy atom. The van der Waals surface area contributed by atoms with E-state index in [9.17, 15) is 21.6 Å². The first kappa shape index (κ1) is 23.0. The van der Waals surface area contributed by atoms with E-state index in [2.05, 4.69) is 5.32 Å². The molecule has 0 spiro atoms. The Kier molecular flexibility index (Phi) is 6.78. The molecule has 0 aromatic heterocycles. The molecule has 0 atom stereocenters. The fourth-order valence-corrected chi connectivity index (χ4v) is 5.65. The molecule has 0 saturated carbocycles. The highest BCUT2D eigenvalue weighted by Gasteiger charge is 2.32. The average Bonchev–Trinajstić information content (AvgIpc) is 2.71. The van der Waals surface area contributed by atoms with Crippen LogP contribution in [-0.4, -0.2) is 46.4 Å². The van der Waals surface area contributed by atoms with Gasteiger partial charge >= 0.3 is 0 Å². The molecule has 3 rings (SSSR count). The molecule has 1 aliphatic rings. The van der Waals surface area contributed by atoms with Gasteiger partial charge in [0.2, 0.25) is 15.9 Å². The number of anilines is 1. The van der Waals surface area contributed by atoms with Gasteiger partial charge in [0.1, 0.15) is 0 Å². The van der Waals surface area contributed by atoms with Gasteiger partial charge in [0.05, 0.1) is 25.5 Å². The number of carbonyl (C=O) groups is 1. The van der Waals surface area contributed by atoms with E-state index in [0.717, 1.165) is 6.26 Å². The molecule has 1 aliphatic heterocycles. The highest BCUT2D eigenvalue weighted by atomic mass is 35.5. The Labute approximate surface area is 186 Å². The molecule has 1 saturated heterocycles. The van der Waals surface area contributed by atoms with Crippen molar-refractivity contribution in [1.82, 2.24) is 4.31 Å². The van der Waals surface area contributed by atoms with Gasteiger partial charge in [-0.3, -0.25) is 4.79 Å². The Morgan fingerprint density at radius 2 is 1.53 bits per heavy atom. The number of benzene rings is 2. The number of sulfonamides is 1. The number of hydrogen-bond acceptors (Lipinski definition) is 5. The number of sulfone groups is 1. The standard InChI is InChI=1S/C19H20Cl2N2O5S2/c1-29(25,26)14-5-7-15(8-6-14)30(27,28)23-11-9-13(10-12-23)19(24)22-17-4-2-3-16(20)18(17)21/h2-8,13H,9-12H2,1H3,(H,22,24). The monoisotopic (exact) mass is 490 g/mol. The van der Waals surface area contributed by atoms with Crippen LogP contribution < -0.4 is 5.32 Å². The number of piperidine rings is 1. The van der Waals surface area contributed by atoms with Crippen molar-refractivity contribution in [3.63, 3.8) is 0 Å². The second kappa shape index (κ2) is 8.84. The van der Waals surface area contributed by atoms with Gasteiger partial charge in [0.25, 0.3) is 0 Å². The largest absolute Gasteiger partial charge is 0.324 e. The Morgan fingerprint density at radius 3 is 2.10 bits per heavy atom. The lowest BCUT2D eigenvalue weighted by Gasteiger charge is -2.30. The van der Waals surface area contributed by atoms with Crippen LogP contribution in [-0.2, 0) is 24.7 Å². The van der Waals surface area contributed by atoms with Crippen LogP contribution >= 0.6 is 23.2 Å². The minimum Gasteiger partial charge on any atom is -0.324 e. The fourth-order valence-electron chi connectivity index (χ4n) is 3.20. The van der Waals surface area contributed by atoms with Gasteiger partial charge in [-0.2, -0.15) is 4.31 Å². The number of hydrogen-bond donors (Lipinski definition) is 1. The zero-order chi connectivity index (χ0) is 22.1. The maximum Gasteiger partial charge on any atom is 0.243 e. The third-order valence-electron chi connectivity index (χ3n) is 4.92. The predicted molar refractivity (Wildman–Crippen MR) is 116 cm³/mol. The number of carbonyl (C=O) groups excluding carboxylic acids is 1. The van der Waals surface area contributed by atoms with Crippen molar-refractivity contribution in [2.75, 3.05) is 24.7 Å². The molecule has 2 aromatic rings.